The number of esters is 1. The van der Waals surface area contributed by atoms with E-state index < -0.39 is 5.60 Å². The van der Waals surface area contributed by atoms with Crippen LogP contribution >= 0.6 is 0 Å². The van der Waals surface area contributed by atoms with Crippen molar-refractivity contribution in [1.82, 2.24) is 5.32 Å². The molecule has 0 aromatic heterocycles. The highest BCUT2D eigenvalue weighted by atomic mass is 16.6. The highest BCUT2D eigenvalue weighted by Gasteiger charge is 2.72. The molecule has 0 heterocycles. The average molecular weight is 255 g/mol. The lowest BCUT2D eigenvalue weighted by molar-refractivity contribution is -0.223. The largest absolute Gasteiger partial charge is 0.469 e. The fourth-order valence-electron chi connectivity index (χ4n) is 3.19. The first-order chi connectivity index (χ1) is 8.20. The van der Waals surface area contributed by atoms with Crippen molar-refractivity contribution in [2.45, 2.75) is 45.6 Å². The molecule has 0 spiro atoms. The van der Waals surface area contributed by atoms with Gasteiger partial charge in [-0.2, -0.15) is 0 Å². The minimum absolute atomic E-state index is 0.102. The van der Waals surface area contributed by atoms with Crippen molar-refractivity contribution >= 4 is 12.1 Å². The van der Waals surface area contributed by atoms with Crippen molar-refractivity contribution < 1.29 is 19.1 Å². The lowest BCUT2D eigenvalue weighted by atomic mass is 9.35. The Hall–Kier alpha value is -1.26. The summed E-state index contributed by atoms with van der Waals surface area (Å²) in [7, 11) is 1.42. The van der Waals surface area contributed by atoms with Crippen LogP contribution in [0.4, 0.5) is 4.79 Å². The van der Waals surface area contributed by atoms with E-state index in [2.05, 4.69) is 5.32 Å². The summed E-state index contributed by atoms with van der Waals surface area (Å²) < 4.78 is 9.95. The van der Waals surface area contributed by atoms with E-state index in [1.54, 1.807) is 0 Å². The molecule has 0 unspecified atom stereocenters. The number of carbonyl (C=O) groups excluding carboxylic acids is 2. The Morgan fingerprint density at radius 3 is 2.22 bits per heavy atom. The Kier molecular flexibility index (Phi) is 2.83. The zero-order chi connectivity index (χ0) is 13.6. The van der Waals surface area contributed by atoms with Crippen LogP contribution in [0.25, 0.3) is 0 Å². The first-order valence-electron chi connectivity index (χ1n) is 6.26. The topological polar surface area (TPSA) is 64.6 Å². The van der Waals surface area contributed by atoms with Gasteiger partial charge < -0.3 is 14.8 Å². The molecule has 18 heavy (non-hydrogen) atoms. The number of hydrogen-bond acceptors (Lipinski definition) is 4. The van der Waals surface area contributed by atoms with Gasteiger partial charge in [-0.05, 0) is 45.4 Å². The Morgan fingerprint density at radius 1 is 1.22 bits per heavy atom. The van der Waals surface area contributed by atoms with Gasteiger partial charge in [-0.3, -0.25) is 4.79 Å². The van der Waals surface area contributed by atoms with Crippen LogP contribution in [0.3, 0.4) is 0 Å². The molecule has 1 amide bonds. The van der Waals surface area contributed by atoms with Crippen molar-refractivity contribution in [3.63, 3.8) is 0 Å². The highest BCUT2D eigenvalue weighted by Crippen LogP contribution is 2.73. The third-order valence-corrected chi connectivity index (χ3v) is 3.77. The molecule has 0 aromatic rings. The summed E-state index contributed by atoms with van der Waals surface area (Å²) in [6, 6.07) is 0. The third kappa shape index (κ3) is 2.18. The molecule has 5 heteroatoms. The molecule has 2 bridgehead atoms. The first kappa shape index (κ1) is 13.2. The molecule has 0 aromatic carbocycles. The second-order valence-electron chi connectivity index (χ2n) is 6.66. The van der Waals surface area contributed by atoms with Gasteiger partial charge in [0.25, 0.3) is 0 Å². The average Bonchev–Trinajstić information content (AvgIpc) is 2.10. The molecule has 1 N–H and O–H groups in total. The SMILES string of the molecule is COC(=O)C12CC(CNC(=O)OC(C)(C)C)(C1)C2. The quantitative estimate of drug-likeness (QED) is 0.782. The van der Waals surface area contributed by atoms with Gasteiger partial charge in [0.15, 0.2) is 0 Å². The van der Waals surface area contributed by atoms with E-state index >= 15 is 0 Å². The minimum atomic E-state index is -0.475. The standard InChI is InChI=1S/C13H21NO4/c1-11(2,3)18-10(16)14-8-12-5-13(6-12,7-12)9(15)17-4/h5-8H2,1-4H3,(H,14,16). The lowest BCUT2D eigenvalue weighted by Gasteiger charge is -2.68. The summed E-state index contributed by atoms with van der Waals surface area (Å²) in [6.45, 7) is 6.08. The molecule has 3 saturated carbocycles. The molecular weight excluding hydrogens is 234 g/mol. The summed E-state index contributed by atoms with van der Waals surface area (Å²) in [6.07, 6.45) is 2.08. The Bertz CT molecular complexity index is 363. The van der Waals surface area contributed by atoms with Gasteiger partial charge in [-0.1, -0.05) is 0 Å². The van der Waals surface area contributed by atoms with Crippen LogP contribution in [-0.2, 0) is 14.3 Å². The van der Waals surface area contributed by atoms with E-state index in [9.17, 15) is 9.59 Å². The van der Waals surface area contributed by atoms with E-state index in [0.717, 1.165) is 19.3 Å². The number of rotatable bonds is 3. The van der Waals surface area contributed by atoms with Crippen molar-refractivity contribution in [1.29, 1.82) is 0 Å². The Labute approximate surface area is 107 Å². The smallest absolute Gasteiger partial charge is 0.407 e. The van der Waals surface area contributed by atoms with Gasteiger partial charge in [0, 0.05) is 6.54 Å². The molecule has 3 aliphatic rings. The molecule has 3 rings (SSSR count). The second kappa shape index (κ2) is 3.87. The van der Waals surface area contributed by atoms with Crippen molar-refractivity contribution in [2.24, 2.45) is 10.8 Å². The normalized spacial score (nSPS) is 32.9. The number of amides is 1. The Balaban J connectivity index is 1.73. The van der Waals surface area contributed by atoms with Crippen LogP contribution in [-0.4, -0.2) is 31.3 Å². The lowest BCUT2D eigenvalue weighted by Crippen LogP contribution is -2.68. The van der Waals surface area contributed by atoms with Crippen LogP contribution in [0.2, 0.25) is 0 Å². The predicted octanol–water partition coefficient (Wildman–Crippen LogP) is 1.85. The molecule has 5 nitrogen and oxygen atoms in total. The Morgan fingerprint density at radius 2 is 1.78 bits per heavy atom. The maximum Gasteiger partial charge on any atom is 0.407 e. The molecule has 0 aliphatic heterocycles. The number of carbonyl (C=O) groups is 2. The number of hydrogen-bond donors (Lipinski definition) is 1. The zero-order valence-corrected chi connectivity index (χ0v) is 11.5. The van der Waals surface area contributed by atoms with E-state index in [1.807, 2.05) is 20.8 Å². The van der Waals surface area contributed by atoms with Gasteiger partial charge >= 0.3 is 12.1 Å². The third-order valence-electron chi connectivity index (χ3n) is 3.77. The fourth-order valence-corrected chi connectivity index (χ4v) is 3.19. The first-order valence-corrected chi connectivity index (χ1v) is 6.26. The van der Waals surface area contributed by atoms with Gasteiger partial charge in [0.05, 0.1) is 12.5 Å². The summed E-state index contributed by atoms with van der Waals surface area (Å²) in [4.78, 5) is 23.0. The van der Waals surface area contributed by atoms with Gasteiger partial charge in [0.1, 0.15) is 5.60 Å². The van der Waals surface area contributed by atoms with Crippen molar-refractivity contribution in [2.75, 3.05) is 13.7 Å². The molecule has 3 aliphatic carbocycles. The second-order valence-corrected chi connectivity index (χ2v) is 6.66. The van der Waals surface area contributed by atoms with E-state index in [-0.39, 0.29) is 22.9 Å². The maximum atomic E-state index is 11.5. The van der Waals surface area contributed by atoms with E-state index in [1.165, 1.54) is 7.11 Å². The zero-order valence-electron chi connectivity index (χ0n) is 11.5. The van der Waals surface area contributed by atoms with Crippen LogP contribution in [0.1, 0.15) is 40.0 Å². The highest BCUT2D eigenvalue weighted by molar-refractivity contribution is 5.81. The minimum Gasteiger partial charge on any atom is -0.469 e. The maximum absolute atomic E-state index is 11.5. The molecule has 0 saturated heterocycles. The monoisotopic (exact) mass is 255 g/mol. The molecule has 3 fully saturated rings. The number of methoxy groups -OCH3 is 1. The van der Waals surface area contributed by atoms with Crippen molar-refractivity contribution in [3.8, 4) is 0 Å². The van der Waals surface area contributed by atoms with E-state index in [0.29, 0.717) is 6.54 Å². The predicted molar refractivity (Wildman–Crippen MR) is 65.0 cm³/mol. The molecule has 0 atom stereocenters. The van der Waals surface area contributed by atoms with Crippen LogP contribution in [0.15, 0.2) is 0 Å². The number of nitrogens with one attached hydrogen (secondary N) is 1. The van der Waals surface area contributed by atoms with Crippen LogP contribution in [0, 0.1) is 10.8 Å². The summed E-state index contributed by atoms with van der Waals surface area (Å²) in [5.74, 6) is -0.110. The molecule has 102 valence electrons. The molecular formula is C13H21NO4. The van der Waals surface area contributed by atoms with E-state index in [4.69, 9.17) is 9.47 Å². The summed E-state index contributed by atoms with van der Waals surface area (Å²) >= 11 is 0. The van der Waals surface area contributed by atoms with Gasteiger partial charge in [0.2, 0.25) is 0 Å². The van der Waals surface area contributed by atoms with Gasteiger partial charge in [-0.25, -0.2) is 4.79 Å². The van der Waals surface area contributed by atoms with Crippen molar-refractivity contribution in [3.05, 3.63) is 0 Å². The van der Waals surface area contributed by atoms with Gasteiger partial charge in [-0.15, -0.1) is 0 Å². The number of ether oxygens (including phenoxy) is 2. The summed E-state index contributed by atoms with van der Waals surface area (Å²) in [5, 5.41) is 2.78. The number of alkyl carbamates (subject to hydrolysis) is 1. The summed E-state index contributed by atoms with van der Waals surface area (Å²) in [5.41, 5.74) is -0.619. The fraction of sp³-hybridized carbons (Fsp3) is 0.846. The van der Waals surface area contributed by atoms with Crippen LogP contribution in [0.5, 0.6) is 0 Å². The molecule has 0 radical (unpaired) electrons. The van der Waals surface area contributed by atoms with Crippen LogP contribution < -0.4 is 5.32 Å².